The Bertz CT molecular complexity index is 2090. The lowest BCUT2D eigenvalue weighted by atomic mass is 9.85. The molecule has 0 spiro atoms. The maximum Gasteiger partial charge on any atom is 0.254 e. The number of aryl methyl sites for hydroxylation is 3. The third kappa shape index (κ3) is 7.34. The summed E-state index contributed by atoms with van der Waals surface area (Å²) in [4.78, 5) is 39.5. The Hall–Kier alpha value is -5.50. The van der Waals surface area contributed by atoms with Gasteiger partial charge in [-0.1, -0.05) is 29.4 Å². The lowest BCUT2D eigenvalue weighted by molar-refractivity contribution is -0.125. The smallest absolute Gasteiger partial charge is 0.254 e. The molecule has 7 rings (SSSR count). The largest absolute Gasteiger partial charge is 0.380 e. The summed E-state index contributed by atoms with van der Waals surface area (Å²) < 4.78 is 21.0. The number of fused-ring (bicyclic) bond motifs is 1. The van der Waals surface area contributed by atoms with Crippen LogP contribution in [0.5, 0.6) is 0 Å². The highest BCUT2D eigenvalue weighted by Gasteiger charge is 2.44. The van der Waals surface area contributed by atoms with Gasteiger partial charge in [0, 0.05) is 54.1 Å². The summed E-state index contributed by atoms with van der Waals surface area (Å²) in [7, 11) is 0. The SMILES string of the molecule is Cc1ccc(-c2c(C)noc2C)cc1N(CC1CCC(Nc2cc3c(cc2F)C(=O)N(C(C)CCC(=O)NC=O)C3)CC1)c1ccc(C2(C#N)CC2)cc1. The van der Waals surface area contributed by atoms with E-state index in [4.69, 9.17) is 4.52 Å². The van der Waals surface area contributed by atoms with Crippen LogP contribution in [-0.4, -0.2) is 46.9 Å². The van der Waals surface area contributed by atoms with Gasteiger partial charge in [-0.25, -0.2) is 4.39 Å². The molecule has 1 aromatic heterocycles. The van der Waals surface area contributed by atoms with Crippen molar-refractivity contribution < 1.29 is 23.3 Å². The number of carbonyl (C=O) groups is 3. The number of halogens is 1. The Morgan fingerprint density at radius 1 is 1.11 bits per heavy atom. The number of benzene rings is 3. The van der Waals surface area contributed by atoms with Crippen LogP contribution in [0.1, 0.15) is 96.8 Å². The summed E-state index contributed by atoms with van der Waals surface area (Å²) >= 11 is 0. The van der Waals surface area contributed by atoms with E-state index < -0.39 is 11.7 Å². The summed E-state index contributed by atoms with van der Waals surface area (Å²) in [6.07, 6.45) is 6.34. The molecule has 3 aromatic carbocycles. The van der Waals surface area contributed by atoms with Crippen LogP contribution in [0.25, 0.3) is 11.1 Å². The molecule has 4 aromatic rings. The van der Waals surface area contributed by atoms with Crippen LogP contribution in [0, 0.1) is 43.8 Å². The third-order valence-electron chi connectivity index (χ3n) is 11.7. The van der Waals surface area contributed by atoms with Gasteiger partial charge in [-0.3, -0.25) is 19.7 Å². The molecule has 3 aliphatic rings. The van der Waals surface area contributed by atoms with Gasteiger partial charge < -0.3 is 19.6 Å². The van der Waals surface area contributed by atoms with Gasteiger partial charge in [0.15, 0.2) is 0 Å². The zero-order valence-electron chi connectivity index (χ0n) is 31.4. The molecule has 2 N–H and O–H groups in total. The minimum absolute atomic E-state index is 0.0929. The summed E-state index contributed by atoms with van der Waals surface area (Å²) in [5.74, 6) is 0.0895. The highest BCUT2D eigenvalue weighted by Crippen LogP contribution is 2.48. The number of nitrogens with one attached hydrogen (secondary N) is 2. The van der Waals surface area contributed by atoms with Gasteiger partial charge in [0.1, 0.15) is 11.6 Å². The second-order valence-electron chi connectivity index (χ2n) is 15.4. The molecule has 2 heterocycles. The number of imide groups is 1. The average molecular weight is 731 g/mol. The van der Waals surface area contributed by atoms with E-state index >= 15 is 4.39 Å². The fourth-order valence-electron chi connectivity index (χ4n) is 8.27. The van der Waals surface area contributed by atoms with Crippen molar-refractivity contribution in [3.8, 4) is 17.2 Å². The lowest BCUT2D eigenvalue weighted by Crippen LogP contribution is -2.34. The maximum absolute atomic E-state index is 15.5. The predicted octanol–water partition coefficient (Wildman–Crippen LogP) is 8.17. The number of hydrogen-bond donors (Lipinski definition) is 2. The van der Waals surface area contributed by atoms with Gasteiger partial charge in [0.2, 0.25) is 12.3 Å². The molecule has 1 unspecified atom stereocenters. The first-order valence-corrected chi connectivity index (χ1v) is 19.0. The van der Waals surface area contributed by atoms with Crippen molar-refractivity contribution in [2.24, 2.45) is 5.92 Å². The summed E-state index contributed by atoms with van der Waals surface area (Å²) in [5, 5.41) is 19.6. The minimum atomic E-state index is -0.447. The Kier molecular flexibility index (Phi) is 10.3. The van der Waals surface area contributed by atoms with Crippen molar-refractivity contribution in [2.45, 2.75) is 103 Å². The molecule has 0 bridgehead atoms. The van der Waals surface area contributed by atoms with E-state index in [1.54, 1.807) is 11.0 Å². The standard InChI is InChI=1S/C43H47FN6O4/c1-26-5-9-31(41-28(3)48-54-29(41)4)20-39(26)50(35-14-10-33(11-15-35)43(24-45)17-18-43)22-30-7-12-34(13-8-30)47-38-19-32-23-49(42(53)36(32)21-37(38)44)27(2)6-16-40(52)46-25-51/h5,9-11,14-15,19-21,25,27,30,34,47H,6-8,12-13,16-18,22-23H2,1-4H3,(H,46,51,52). The second kappa shape index (κ2) is 15.1. The lowest BCUT2D eigenvalue weighted by Gasteiger charge is -2.35. The van der Waals surface area contributed by atoms with Crippen LogP contribution in [0.3, 0.4) is 0 Å². The molecular formula is C43H47FN6O4. The van der Waals surface area contributed by atoms with Crippen LogP contribution in [0.4, 0.5) is 21.5 Å². The Balaban J connectivity index is 1.05. The first-order valence-electron chi connectivity index (χ1n) is 19.0. The van der Waals surface area contributed by atoms with Crippen molar-refractivity contribution in [1.29, 1.82) is 5.26 Å². The van der Waals surface area contributed by atoms with Crippen LogP contribution >= 0.6 is 0 Å². The fraction of sp³-hybridized carbons (Fsp3) is 0.419. The molecule has 2 fully saturated rings. The van der Waals surface area contributed by atoms with E-state index in [1.807, 2.05) is 20.8 Å². The molecule has 2 saturated carbocycles. The molecule has 280 valence electrons. The number of rotatable bonds is 13. The van der Waals surface area contributed by atoms with Crippen molar-refractivity contribution in [2.75, 3.05) is 16.8 Å². The predicted molar refractivity (Wildman–Crippen MR) is 205 cm³/mol. The second-order valence-corrected chi connectivity index (χ2v) is 15.4. The number of nitriles is 1. The maximum atomic E-state index is 15.5. The Labute approximate surface area is 315 Å². The minimum Gasteiger partial charge on any atom is -0.380 e. The number of nitrogens with zero attached hydrogens (tertiary/aromatic N) is 4. The average Bonchev–Trinajstić information content (AvgIpc) is 3.82. The number of carbonyl (C=O) groups excluding carboxylic acids is 3. The Morgan fingerprint density at radius 2 is 1.85 bits per heavy atom. The quantitative estimate of drug-likeness (QED) is 0.132. The summed E-state index contributed by atoms with van der Waals surface area (Å²) in [5.41, 5.74) is 8.52. The normalized spacial score (nSPS) is 19.1. The molecule has 1 aliphatic heterocycles. The van der Waals surface area contributed by atoms with Crippen molar-refractivity contribution in [1.82, 2.24) is 15.4 Å². The number of amides is 3. The van der Waals surface area contributed by atoms with Gasteiger partial charge >= 0.3 is 0 Å². The first kappa shape index (κ1) is 36.8. The highest BCUT2D eigenvalue weighted by molar-refractivity contribution is 5.99. The zero-order valence-corrected chi connectivity index (χ0v) is 31.4. The molecule has 0 radical (unpaired) electrons. The molecule has 1 atom stereocenters. The van der Waals surface area contributed by atoms with Gasteiger partial charge in [-0.2, -0.15) is 5.26 Å². The van der Waals surface area contributed by atoms with Crippen molar-refractivity contribution in [3.63, 3.8) is 0 Å². The van der Waals surface area contributed by atoms with E-state index in [-0.39, 0.29) is 29.8 Å². The number of aromatic nitrogens is 1. The van der Waals surface area contributed by atoms with E-state index in [1.165, 1.54) is 6.07 Å². The molecule has 3 amide bonds. The van der Waals surface area contributed by atoms with Crippen LogP contribution in [-0.2, 0) is 21.5 Å². The number of hydrogen-bond acceptors (Lipinski definition) is 8. The monoisotopic (exact) mass is 730 g/mol. The number of anilines is 3. The van der Waals surface area contributed by atoms with E-state index in [0.29, 0.717) is 36.5 Å². The van der Waals surface area contributed by atoms with Crippen molar-refractivity contribution in [3.05, 3.63) is 94.1 Å². The van der Waals surface area contributed by atoms with E-state index in [0.717, 1.165) is 95.7 Å². The van der Waals surface area contributed by atoms with Gasteiger partial charge in [-0.15, -0.1) is 0 Å². The highest BCUT2D eigenvalue weighted by atomic mass is 19.1. The fourth-order valence-corrected chi connectivity index (χ4v) is 8.27. The van der Waals surface area contributed by atoms with Gasteiger partial charge in [-0.05, 0) is 131 Å². The topological polar surface area (TPSA) is 132 Å². The summed E-state index contributed by atoms with van der Waals surface area (Å²) in [6, 6.07) is 20.5. The Morgan fingerprint density at radius 3 is 2.50 bits per heavy atom. The molecule has 54 heavy (non-hydrogen) atoms. The molecule has 2 aliphatic carbocycles. The van der Waals surface area contributed by atoms with E-state index in [2.05, 4.69) is 76.1 Å². The zero-order chi connectivity index (χ0) is 38.1. The van der Waals surface area contributed by atoms with E-state index in [9.17, 15) is 19.6 Å². The van der Waals surface area contributed by atoms with Crippen molar-refractivity contribution >= 4 is 35.3 Å². The molecule has 0 saturated heterocycles. The van der Waals surface area contributed by atoms with Crippen LogP contribution < -0.4 is 15.5 Å². The van der Waals surface area contributed by atoms with Gasteiger partial charge in [0.05, 0.1) is 22.9 Å². The third-order valence-corrected chi connectivity index (χ3v) is 11.7. The van der Waals surface area contributed by atoms with Crippen LogP contribution in [0.2, 0.25) is 0 Å². The molecular weight excluding hydrogens is 684 g/mol. The summed E-state index contributed by atoms with van der Waals surface area (Å²) in [6.45, 7) is 9.05. The molecule has 10 nitrogen and oxygen atoms in total. The molecule has 11 heteroatoms. The van der Waals surface area contributed by atoms with Crippen LogP contribution in [0.15, 0.2) is 59.1 Å². The van der Waals surface area contributed by atoms with Gasteiger partial charge in [0.25, 0.3) is 5.91 Å². The first-order chi connectivity index (χ1) is 26.0.